The summed E-state index contributed by atoms with van der Waals surface area (Å²) >= 11 is 11.6. The normalized spacial score (nSPS) is 11.4. The minimum absolute atomic E-state index is 0.00262. The van der Waals surface area contributed by atoms with Crippen LogP contribution in [0.1, 0.15) is 5.56 Å². The van der Waals surface area contributed by atoms with Crippen molar-refractivity contribution in [3.8, 4) is 11.6 Å². The number of aromatic nitrogens is 1. The third-order valence-electron chi connectivity index (χ3n) is 2.17. The van der Waals surface area contributed by atoms with Crippen LogP contribution >= 0.6 is 23.2 Å². The number of nitrogens with zero attached hydrogens (tertiary/aromatic N) is 1. The monoisotopic (exact) mass is 307 g/mol. The Balaban J connectivity index is 2.22. The molecule has 19 heavy (non-hydrogen) atoms. The maximum Gasteiger partial charge on any atom is 0.417 e. The van der Waals surface area contributed by atoms with Crippen molar-refractivity contribution in [3.63, 3.8) is 0 Å². The minimum Gasteiger partial charge on any atom is -0.437 e. The molecule has 100 valence electrons. The van der Waals surface area contributed by atoms with Crippen LogP contribution in [0.15, 0.2) is 36.5 Å². The SMILES string of the molecule is FC(F)(F)c1ccc(Oc2cc(Cl)ccc2Cl)nc1. The van der Waals surface area contributed by atoms with Crippen LogP contribution in [0, 0.1) is 0 Å². The van der Waals surface area contributed by atoms with E-state index in [0.29, 0.717) is 11.2 Å². The summed E-state index contributed by atoms with van der Waals surface area (Å²) in [4.78, 5) is 3.57. The highest BCUT2D eigenvalue weighted by Gasteiger charge is 2.30. The zero-order chi connectivity index (χ0) is 14.0. The summed E-state index contributed by atoms with van der Waals surface area (Å²) in [6.45, 7) is 0. The molecule has 1 aromatic carbocycles. The van der Waals surface area contributed by atoms with Crippen LogP contribution in [0.25, 0.3) is 0 Å². The lowest BCUT2D eigenvalue weighted by atomic mass is 10.3. The third kappa shape index (κ3) is 3.52. The number of ether oxygens (including phenoxy) is 1. The Bertz CT molecular complexity index is 585. The van der Waals surface area contributed by atoms with Gasteiger partial charge in [0.2, 0.25) is 5.88 Å². The van der Waals surface area contributed by atoms with E-state index in [-0.39, 0.29) is 16.7 Å². The number of hydrogen-bond donors (Lipinski definition) is 0. The van der Waals surface area contributed by atoms with Crippen LogP contribution in [0.3, 0.4) is 0 Å². The molecule has 0 bridgehead atoms. The molecule has 0 saturated heterocycles. The summed E-state index contributed by atoms with van der Waals surface area (Å²) in [5.41, 5.74) is -0.850. The molecule has 0 fully saturated rings. The molecule has 0 atom stereocenters. The first-order chi connectivity index (χ1) is 8.86. The molecule has 7 heteroatoms. The van der Waals surface area contributed by atoms with Crippen molar-refractivity contribution in [2.75, 3.05) is 0 Å². The van der Waals surface area contributed by atoms with E-state index in [1.54, 1.807) is 6.07 Å². The smallest absolute Gasteiger partial charge is 0.417 e. The van der Waals surface area contributed by atoms with Gasteiger partial charge in [0.25, 0.3) is 0 Å². The van der Waals surface area contributed by atoms with Gasteiger partial charge in [0.05, 0.1) is 10.6 Å². The molecule has 2 rings (SSSR count). The lowest BCUT2D eigenvalue weighted by Gasteiger charge is -2.09. The van der Waals surface area contributed by atoms with Gasteiger partial charge in [-0.3, -0.25) is 0 Å². The summed E-state index contributed by atoms with van der Waals surface area (Å²) in [5.74, 6) is 0.221. The molecule has 0 amide bonds. The van der Waals surface area contributed by atoms with Crippen LogP contribution in [-0.2, 0) is 6.18 Å². The maximum atomic E-state index is 12.3. The Morgan fingerprint density at radius 3 is 2.37 bits per heavy atom. The maximum absolute atomic E-state index is 12.3. The number of hydrogen-bond acceptors (Lipinski definition) is 2. The first kappa shape index (κ1) is 14.0. The van der Waals surface area contributed by atoms with Crippen molar-refractivity contribution in [1.29, 1.82) is 0 Å². The van der Waals surface area contributed by atoms with E-state index in [2.05, 4.69) is 4.98 Å². The quantitative estimate of drug-likeness (QED) is 0.760. The molecule has 0 unspecified atom stereocenters. The molecule has 0 aliphatic carbocycles. The first-order valence-corrected chi connectivity index (χ1v) is 5.78. The zero-order valence-corrected chi connectivity index (χ0v) is 10.7. The van der Waals surface area contributed by atoms with Crippen molar-refractivity contribution in [2.45, 2.75) is 6.18 Å². The molecule has 0 N–H and O–H groups in total. The van der Waals surface area contributed by atoms with E-state index in [1.165, 1.54) is 12.1 Å². The van der Waals surface area contributed by atoms with Gasteiger partial charge in [-0.15, -0.1) is 0 Å². The van der Waals surface area contributed by atoms with Crippen molar-refractivity contribution >= 4 is 23.2 Å². The summed E-state index contributed by atoms with van der Waals surface area (Å²) in [7, 11) is 0. The lowest BCUT2D eigenvalue weighted by Crippen LogP contribution is -2.05. The second-order valence-electron chi connectivity index (χ2n) is 3.56. The van der Waals surface area contributed by atoms with E-state index in [0.717, 1.165) is 12.1 Å². The standard InChI is InChI=1S/C12H6Cl2F3NO/c13-8-2-3-9(14)10(5-8)19-11-4-1-7(6-18-11)12(15,16)17/h1-6H. The molecule has 0 aliphatic rings. The Morgan fingerprint density at radius 2 is 1.79 bits per heavy atom. The highest BCUT2D eigenvalue weighted by atomic mass is 35.5. The van der Waals surface area contributed by atoms with Crippen LogP contribution in [0.2, 0.25) is 10.0 Å². The fourth-order valence-electron chi connectivity index (χ4n) is 1.28. The molecule has 2 nitrogen and oxygen atoms in total. The van der Waals surface area contributed by atoms with Gasteiger partial charge < -0.3 is 4.74 Å². The molecule has 0 radical (unpaired) electrons. The van der Waals surface area contributed by atoms with E-state index in [9.17, 15) is 13.2 Å². The number of benzene rings is 1. The summed E-state index contributed by atoms with van der Waals surface area (Å²) < 4.78 is 42.3. The first-order valence-electron chi connectivity index (χ1n) is 5.02. The number of alkyl halides is 3. The van der Waals surface area contributed by atoms with E-state index in [4.69, 9.17) is 27.9 Å². The van der Waals surface area contributed by atoms with Crippen LogP contribution in [0.5, 0.6) is 11.6 Å². The molecule has 1 heterocycles. The minimum atomic E-state index is -4.43. The van der Waals surface area contributed by atoms with E-state index >= 15 is 0 Å². The fraction of sp³-hybridized carbons (Fsp3) is 0.0833. The molecule has 0 spiro atoms. The summed E-state index contributed by atoms with van der Waals surface area (Å²) in [5, 5.41) is 0.678. The van der Waals surface area contributed by atoms with Crippen molar-refractivity contribution in [3.05, 3.63) is 52.1 Å². The fourth-order valence-corrected chi connectivity index (χ4v) is 1.59. The van der Waals surface area contributed by atoms with Gasteiger partial charge in [0.15, 0.2) is 0 Å². The second-order valence-corrected chi connectivity index (χ2v) is 4.40. The number of pyridine rings is 1. The molecule has 0 aliphatic heterocycles. The molecule has 0 saturated carbocycles. The Kier molecular flexibility index (Phi) is 3.87. The lowest BCUT2D eigenvalue weighted by molar-refractivity contribution is -0.137. The average molecular weight is 308 g/mol. The number of halogens is 5. The van der Waals surface area contributed by atoms with E-state index in [1.807, 2.05) is 0 Å². The highest BCUT2D eigenvalue weighted by molar-refractivity contribution is 6.34. The zero-order valence-electron chi connectivity index (χ0n) is 9.21. The Labute approximate surface area is 116 Å². The summed E-state index contributed by atoms with van der Waals surface area (Å²) in [6, 6.07) is 6.52. The van der Waals surface area contributed by atoms with E-state index < -0.39 is 11.7 Å². The van der Waals surface area contributed by atoms with Gasteiger partial charge in [0, 0.05) is 23.4 Å². The van der Waals surface area contributed by atoms with Crippen LogP contribution in [0.4, 0.5) is 13.2 Å². The Hall–Kier alpha value is -1.46. The van der Waals surface area contributed by atoms with Crippen LogP contribution < -0.4 is 4.74 Å². The average Bonchev–Trinajstić information content (AvgIpc) is 2.33. The van der Waals surface area contributed by atoms with Crippen LogP contribution in [-0.4, -0.2) is 4.98 Å². The van der Waals surface area contributed by atoms with Crippen molar-refractivity contribution < 1.29 is 17.9 Å². The number of rotatable bonds is 2. The molecular weight excluding hydrogens is 302 g/mol. The third-order valence-corrected chi connectivity index (χ3v) is 2.72. The topological polar surface area (TPSA) is 22.1 Å². The predicted octanol–water partition coefficient (Wildman–Crippen LogP) is 5.20. The van der Waals surface area contributed by atoms with Gasteiger partial charge in [-0.25, -0.2) is 4.98 Å². The van der Waals surface area contributed by atoms with Crippen molar-refractivity contribution in [2.24, 2.45) is 0 Å². The van der Waals surface area contributed by atoms with Gasteiger partial charge in [-0.1, -0.05) is 23.2 Å². The molecule has 1 aromatic heterocycles. The molecule has 2 aromatic rings. The van der Waals surface area contributed by atoms with Gasteiger partial charge >= 0.3 is 6.18 Å². The summed E-state index contributed by atoms with van der Waals surface area (Å²) in [6.07, 6.45) is -3.74. The van der Waals surface area contributed by atoms with Gasteiger partial charge in [-0.2, -0.15) is 13.2 Å². The van der Waals surface area contributed by atoms with Gasteiger partial charge in [0.1, 0.15) is 5.75 Å². The van der Waals surface area contributed by atoms with Crippen molar-refractivity contribution in [1.82, 2.24) is 4.98 Å². The predicted molar refractivity (Wildman–Crippen MR) is 65.8 cm³/mol. The Morgan fingerprint density at radius 1 is 1.05 bits per heavy atom. The highest BCUT2D eigenvalue weighted by Crippen LogP contribution is 2.33. The largest absolute Gasteiger partial charge is 0.437 e. The second kappa shape index (κ2) is 5.27. The van der Waals surface area contributed by atoms with Gasteiger partial charge in [-0.05, 0) is 18.2 Å². The molecular formula is C12H6Cl2F3NO.